The fourth-order valence-electron chi connectivity index (χ4n) is 1.71. The van der Waals surface area contributed by atoms with Gasteiger partial charge in [0.15, 0.2) is 0 Å². The van der Waals surface area contributed by atoms with Crippen molar-refractivity contribution >= 4 is 27.5 Å². The minimum Gasteiger partial charge on any atom is -0.496 e. The monoisotopic (exact) mass is 338 g/mol. The van der Waals surface area contributed by atoms with Crippen LogP contribution in [-0.4, -0.2) is 18.0 Å². The van der Waals surface area contributed by atoms with E-state index in [1.807, 2.05) is 6.92 Å². The Bertz CT molecular complexity index is 662. The summed E-state index contributed by atoms with van der Waals surface area (Å²) < 4.78 is 19.5. The van der Waals surface area contributed by atoms with Crippen molar-refractivity contribution in [2.45, 2.75) is 6.92 Å². The molecule has 6 heteroatoms. The smallest absolute Gasteiger partial charge is 0.262 e. The Morgan fingerprint density at radius 2 is 2.20 bits per heavy atom. The summed E-state index contributed by atoms with van der Waals surface area (Å²) >= 11 is 3.27. The molecule has 1 amide bonds. The highest BCUT2D eigenvalue weighted by molar-refractivity contribution is 9.10. The highest BCUT2D eigenvalue weighted by Gasteiger charge is 2.17. The standard InChI is InChI=1S/C14H12BrFN2O2/c1-8-6-9(7-17-13(8)15)18-14(19)12-10(16)4-3-5-11(12)20-2/h3-7H,1-2H3,(H,18,19). The van der Waals surface area contributed by atoms with Crippen LogP contribution in [0.25, 0.3) is 0 Å². The molecule has 0 spiro atoms. The first kappa shape index (κ1) is 14.5. The van der Waals surface area contributed by atoms with Gasteiger partial charge < -0.3 is 10.1 Å². The number of carbonyl (C=O) groups excluding carboxylic acids is 1. The van der Waals surface area contributed by atoms with E-state index in [9.17, 15) is 9.18 Å². The number of benzene rings is 1. The van der Waals surface area contributed by atoms with Gasteiger partial charge in [-0.3, -0.25) is 4.79 Å². The molecule has 0 aliphatic heterocycles. The number of aromatic nitrogens is 1. The Balaban J connectivity index is 2.30. The third-order valence-corrected chi connectivity index (χ3v) is 3.52. The summed E-state index contributed by atoms with van der Waals surface area (Å²) in [6, 6.07) is 5.96. The third-order valence-electron chi connectivity index (χ3n) is 2.69. The van der Waals surface area contributed by atoms with Gasteiger partial charge >= 0.3 is 0 Å². The maximum Gasteiger partial charge on any atom is 0.262 e. The number of aryl methyl sites for hydroxylation is 1. The molecule has 0 aliphatic rings. The Morgan fingerprint density at radius 1 is 1.45 bits per heavy atom. The third kappa shape index (κ3) is 2.96. The van der Waals surface area contributed by atoms with Crippen LogP contribution in [0.5, 0.6) is 5.75 Å². The topological polar surface area (TPSA) is 51.2 Å². The molecule has 0 unspecified atom stereocenters. The molecule has 0 radical (unpaired) electrons. The molecule has 1 heterocycles. The zero-order chi connectivity index (χ0) is 14.7. The molecule has 0 saturated heterocycles. The predicted molar refractivity (Wildman–Crippen MR) is 77.6 cm³/mol. The number of methoxy groups -OCH3 is 1. The van der Waals surface area contributed by atoms with Gasteiger partial charge in [-0.25, -0.2) is 9.37 Å². The first-order valence-corrected chi connectivity index (χ1v) is 6.58. The number of pyridine rings is 1. The maximum absolute atomic E-state index is 13.8. The van der Waals surface area contributed by atoms with Gasteiger partial charge in [0.1, 0.15) is 21.7 Å². The highest BCUT2D eigenvalue weighted by atomic mass is 79.9. The van der Waals surface area contributed by atoms with Gasteiger partial charge in [-0.05, 0) is 46.6 Å². The molecule has 104 valence electrons. The fourth-order valence-corrected chi connectivity index (χ4v) is 1.93. The van der Waals surface area contributed by atoms with Crippen molar-refractivity contribution < 1.29 is 13.9 Å². The summed E-state index contributed by atoms with van der Waals surface area (Å²) in [4.78, 5) is 16.2. The van der Waals surface area contributed by atoms with Crippen molar-refractivity contribution in [3.8, 4) is 5.75 Å². The summed E-state index contributed by atoms with van der Waals surface area (Å²) in [5, 5.41) is 2.60. The number of hydrogen-bond acceptors (Lipinski definition) is 3. The van der Waals surface area contributed by atoms with Gasteiger partial charge in [0.2, 0.25) is 0 Å². The largest absolute Gasteiger partial charge is 0.496 e. The number of rotatable bonds is 3. The van der Waals surface area contributed by atoms with Gasteiger partial charge in [-0.2, -0.15) is 0 Å². The van der Waals surface area contributed by atoms with Crippen LogP contribution in [0.4, 0.5) is 10.1 Å². The van der Waals surface area contributed by atoms with Gasteiger partial charge in [0.25, 0.3) is 5.91 Å². The molecule has 1 N–H and O–H groups in total. The molecular formula is C14H12BrFN2O2. The maximum atomic E-state index is 13.8. The van der Waals surface area contributed by atoms with Crippen LogP contribution in [0, 0.1) is 12.7 Å². The molecule has 0 saturated carbocycles. The number of ether oxygens (including phenoxy) is 1. The molecule has 20 heavy (non-hydrogen) atoms. The summed E-state index contributed by atoms with van der Waals surface area (Å²) in [6.07, 6.45) is 1.49. The first-order valence-electron chi connectivity index (χ1n) is 5.79. The second kappa shape index (κ2) is 6.00. The summed E-state index contributed by atoms with van der Waals surface area (Å²) in [5.74, 6) is -1.03. The van der Waals surface area contributed by atoms with E-state index in [0.29, 0.717) is 10.3 Å². The summed E-state index contributed by atoms with van der Waals surface area (Å²) in [5.41, 5.74) is 1.22. The minimum atomic E-state index is -0.636. The average molecular weight is 339 g/mol. The number of halogens is 2. The number of nitrogens with one attached hydrogen (secondary N) is 1. The molecule has 0 fully saturated rings. The molecule has 2 aromatic rings. The Kier molecular flexibility index (Phi) is 4.34. The molecule has 4 nitrogen and oxygen atoms in total. The number of carbonyl (C=O) groups is 1. The van der Waals surface area contributed by atoms with Crippen molar-refractivity contribution in [1.82, 2.24) is 4.98 Å². The van der Waals surface area contributed by atoms with Gasteiger partial charge in [0.05, 0.1) is 19.0 Å². The minimum absolute atomic E-state index is 0.129. The zero-order valence-electron chi connectivity index (χ0n) is 10.9. The Labute approximate surface area is 124 Å². The first-order chi connectivity index (χ1) is 9.52. The lowest BCUT2D eigenvalue weighted by Crippen LogP contribution is -2.15. The normalized spacial score (nSPS) is 10.2. The van der Waals surface area contributed by atoms with Crippen LogP contribution >= 0.6 is 15.9 Å². The van der Waals surface area contributed by atoms with Gasteiger partial charge in [-0.1, -0.05) is 6.07 Å². The average Bonchev–Trinajstić information content (AvgIpc) is 2.42. The van der Waals surface area contributed by atoms with Crippen LogP contribution in [0.2, 0.25) is 0 Å². The highest BCUT2D eigenvalue weighted by Crippen LogP contribution is 2.23. The quantitative estimate of drug-likeness (QED) is 0.870. The van der Waals surface area contributed by atoms with Crippen LogP contribution in [0.15, 0.2) is 35.1 Å². The molecule has 0 bridgehead atoms. The van der Waals surface area contributed by atoms with Crippen LogP contribution in [0.3, 0.4) is 0 Å². The lowest BCUT2D eigenvalue weighted by molar-refractivity contribution is 0.102. The van der Waals surface area contributed by atoms with Gasteiger partial charge in [0, 0.05) is 0 Å². The second-order valence-electron chi connectivity index (χ2n) is 4.10. The number of anilines is 1. The van der Waals surface area contributed by atoms with Crippen LogP contribution in [-0.2, 0) is 0 Å². The van der Waals surface area contributed by atoms with Crippen molar-refractivity contribution in [2.75, 3.05) is 12.4 Å². The van der Waals surface area contributed by atoms with E-state index >= 15 is 0 Å². The van der Waals surface area contributed by atoms with Crippen molar-refractivity contribution in [3.63, 3.8) is 0 Å². The van der Waals surface area contributed by atoms with Crippen molar-refractivity contribution in [2.24, 2.45) is 0 Å². The molecule has 1 aromatic carbocycles. The molecule has 1 aromatic heterocycles. The lowest BCUT2D eigenvalue weighted by Gasteiger charge is -2.10. The van der Waals surface area contributed by atoms with Gasteiger partial charge in [-0.15, -0.1) is 0 Å². The Hall–Kier alpha value is -1.95. The van der Waals surface area contributed by atoms with E-state index in [1.165, 1.54) is 31.5 Å². The second-order valence-corrected chi connectivity index (χ2v) is 4.85. The Morgan fingerprint density at radius 3 is 2.85 bits per heavy atom. The van der Waals surface area contributed by atoms with E-state index in [4.69, 9.17) is 4.74 Å². The van der Waals surface area contributed by atoms with E-state index in [1.54, 1.807) is 6.07 Å². The van der Waals surface area contributed by atoms with E-state index in [2.05, 4.69) is 26.2 Å². The van der Waals surface area contributed by atoms with E-state index < -0.39 is 11.7 Å². The van der Waals surface area contributed by atoms with Crippen molar-refractivity contribution in [1.29, 1.82) is 0 Å². The molecule has 0 atom stereocenters. The van der Waals surface area contributed by atoms with Crippen LogP contribution in [0.1, 0.15) is 15.9 Å². The lowest BCUT2D eigenvalue weighted by atomic mass is 10.1. The van der Waals surface area contributed by atoms with E-state index in [0.717, 1.165) is 5.56 Å². The summed E-state index contributed by atoms with van der Waals surface area (Å²) in [6.45, 7) is 1.84. The summed E-state index contributed by atoms with van der Waals surface area (Å²) in [7, 11) is 1.39. The number of hydrogen-bond donors (Lipinski definition) is 1. The predicted octanol–water partition coefficient (Wildman–Crippen LogP) is 3.55. The number of nitrogens with zero attached hydrogens (tertiary/aromatic N) is 1. The SMILES string of the molecule is COc1cccc(F)c1C(=O)Nc1cnc(Br)c(C)c1. The number of amides is 1. The van der Waals surface area contributed by atoms with Crippen molar-refractivity contribution in [3.05, 3.63) is 52.0 Å². The zero-order valence-corrected chi connectivity index (χ0v) is 12.5. The van der Waals surface area contributed by atoms with E-state index in [-0.39, 0.29) is 11.3 Å². The fraction of sp³-hybridized carbons (Fsp3) is 0.143. The molecular weight excluding hydrogens is 327 g/mol. The van der Waals surface area contributed by atoms with Crippen LogP contribution < -0.4 is 10.1 Å². The molecule has 2 rings (SSSR count). The molecule has 0 aliphatic carbocycles.